The highest BCUT2D eigenvalue weighted by molar-refractivity contribution is 7.86. The van der Waals surface area contributed by atoms with Crippen LogP contribution in [0.1, 0.15) is 39.5 Å². The van der Waals surface area contributed by atoms with Crippen molar-refractivity contribution < 1.29 is 35.4 Å². The van der Waals surface area contributed by atoms with E-state index in [4.69, 9.17) is 55.9 Å². The van der Waals surface area contributed by atoms with Gasteiger partial charge in [0.15, 0.2) is 0 Å². The maximum absolute atomic E-state index is 11.7. The Morgan fingerprint density at radius 2 is 0.983 bits per heavy atom. The molecule has 0 aliphatic rings. The highest BCUT2D eigenvalue weighted by atomic mass is 35.5. The largest absolute Gasteiger partial charge is 0.491 e. The van der Waals surface area contributed by atoms with Crippen LogP contribution in [0.3, 0.4) is 0 Å². The van der Waals surface area contributed by atoms with Crippen molar-refractivity contribution in [3.05, 3.63) is 80.8 Å². The number of azo groups is 2. The highest BCUT2D eigenvalue weighted by Crippen LogP contribution is 2.41. The van der Waals surface area contributed by atoms with E-state index < -0.39 is 30.0 Å². The summed E-state index contributed by atoms with van der Waals surface area (Å²) in [6.07, 6.45) is 3.16. The second-order valence-electron chi connectivity index (χ2n) is 12.4. The van der Waals surface area contributed by atoms with Gasteiger partial charge < -0.3 is 25.4 Å². The lowest BCUT2D eigenvalue weighted by Gasteiger charge is -2.16. The smallest absolute Gasteiger partial charge is 0.296 e. The minimum absolute atomic E-state index is 0.0683. The molecule has 4 aromatic carbocycles. The SMILES string of the molecule is CCCCOc1cc(N=Nc2ccc(Cl)c(S(=O)(=O)O)c2)c(Cl)cc1Nc1nc(NC)nc(Nc2cc(Cl)c(N=Nc3ccc(Cl)c(S(=O)(=O)O)c3)cc2OCCCC)n1. The van der Waals surface area contributed by atoms with Gasteiger partial charge in [-0.15, -0.1) is 10.2 Å². The zero-order valence-electron chi connectivity index (χ0n) is 31.8. The van der Waals surface area contributed by atoms with Crippen molar-refractivity contribution in [2.75, 3.05) is 36.2 Å². The lowest BCUT2D eigenvalue weighted by molar-refractivity contribution is 0.311. The molecule has 0 spiro atoms. The fourth-order valence-electron chi connectivity index (χ4n) is 4.89. The van der Waals surface area contributed by atoms with Gasteiger partial charge in [0.25, 0.3) is 20.2 Å². The first-order valence-corrected chi connectivity index (χ1v) is 22.2. The third-order valence-electron chi connectivity index (χ3n) is 7.89. The van der Waals surface area contributed by atoms with Crippen LogP contribution in [0, 0.1) is 0 Å². The first-order valence-electron chi connectivity index (χ1n) is 17.8. The second-order valence-corrected chi connectivity index (χ2v) is 16.8. The van der Waals surface area contributed by atoms with Crippen molar-refractivity contribution in [2.45, 2.75) is 49.3 Å². The van der Waals surface area contributed by atoms with Crippen LogP contribution in [-0.4, -0.2) is 61.2 Å². The molecular weight excluding hydrogens is 906 g/mol. The first kappa shape index (κ1) is 46.1. The van der Waals surface area contributed by atoms with Gasteiger partial charge >= 0.3 is 0 Å². The van der Waals surface area contributed by atoms with Crippen molar-refractivity contribution in [1.29, 1.82) is 0 Å². The molecule has 0 bridgehead atoms. The fourth-order valence-corrected chi connectivity index (χ4v) is 7.28. The van der Waals surface area contributed by atoms with Crippen molar-refractivity contribution in [3.63, 3.8) is 0 Å². The van der Waals surface area contributed by atoms with Gasteiger partial charge in [-0.3, -0.25) is 9.11 Å². The summed E-state index contributed by atoms with van der Waals surface area (Å²) in [5.74, 6) is 0.934. The second kappa shape index (κ2) is 20.6. The summed E-state index contributed by atoms with van der Waals surface area (Å²) >= 11 is 25.1. The van der Waals surface area contributed by atoms with Crippen molar-refractivity contribution in [1.82, 2.24) is 15.0 Å². The van der Waals surface area contributed by atoms with E-state index in [0.717, 1.165) is 37.8 Å². The van der Waals surface area contributed by atoms with Gasteiger partial charge in [0, 0.05) is 19.2 Å². The average Bonchev–Trinajstić information content (AvgIpc) is 3.18. The van der Waals surface area contributed by atoms with Gasteiger partial charge in [-0.05, 0) is 61.4 Å². The van der Waals surface area contributed by atoms with E-state index >= 15 is 0 Å². The van der Waals surface area contributed by atoms with Crippen LogP contribution in [0.15, 0.2) is 90.9 Å². The molecule has 0 fully saturated rings. The van der Waals surface area contributed by atoms with E-state index in [1.165, 1.54) is 48.5 Å². The summed E-state index contributed by atoms with van der Waals surface area (Å²) in [6, 6.07) is 13.6. The third kappa shape index (κ3) is 12.6. The molecular formula is C36H36Cl4N10O8S2. The number of hydrogen-bond donors (Lipinski definition) is 5. The van der Waals surface area contributed by atoms with Crippen LogP contribution < -0.4 is 25.4 Å². The Morgan fingerprint density at radius 3 is 1.35 bits per heavy atom. The van der Waals surface area contributed by atoms with Gasteiger partial charge in [-0.25, -0.2) is 0 Å². The van der Waals surface area contributed by atoms with Gasteiger partial charge in [0.1, 0.15) is 32.7 Å². The van der Waals surface area contributed by atoms with E-state index in [0.29, 0.717) is 36.1 Å². The molecule has 5 N–H and O–H groups in total. The van der Waals surface area contributed by atoms with Crippen LogP contribution in [-0.2, 0) is 20.2 Å². The molecule has 0 radical (unpaired) electrons. The lowest BCUT2D eigenvalue weighted by atomic mass is 10.2. The molecule has 0 aliphatic carbocycles. The predicted octanol–water partition coefficient (Wildman–Crippen LogP) is 11.7. The predicted molar refractivity (Wildman–Crippen MR) is 231 cm³/mol. The molecule has 24 heteroatoms. The van der Waals surface area contributed by atoms with E-state index in [-0.39, 0.29) is 60.7 Å². The number of hydrogen-bond acceptors (Lipinski definition) is 16. The number of nitrogens with one attached hydrogen (secondary N) is 3. The maximum atomic E-state index is 11.7. The van der Waals surface area contributed by atoms with Crippen molar-refractivity contribution in [3.8, 4) is 11.5 Å². The van der Waals surface area contributed by atoms with E-state index in [2.05, 4.69) is 51.4 Å². The van der Waals surface area contributed by atoms with E-state index in [1.54, 1.807) is 7.05 Å². The standard InChI is InChI=1S/C36H36Cl4N10O8S2/c1-4-6-12-57-30-18-26(49-47-20-8-10-22(37)32(14-20)59(51,52)53)24(39)16-28(30)42-35-44-34(41-3)45-36(46-35)43-29-17-25(40)27(19-31(29)58-13-7-5-2)50-48-21-9-11-23(38)33(15-21)60(54,55)56/h8-11,14-19H,4-7,12-13H2,1-3H3,(H,51,52,53)(H,54,55,56)(H3,41,42,43,44,45,46). The highest BCUT2D eigenvalue weighted by Gasteiger charge is 2.19. The summed E-state index contributed by atoms with van der Waals surface area (Å²) in [5.41, 5.74) is 1.24. The minimum atomic E-state index is -4.61. The Hall–Kier alpha value is -4.93. The van der Waals surface area contributed by atoms with Crippen molar-refractivity contribution >= 4 is 119 Å². The molecule has 0 amide bonds. The van der Waals surface area contributed by atoms with Crippen LogP contribution in [0.5, 0.6) is 11.5 Å². The molecule has 0 aliphatic heterocycles. The first-order chi connectivity index (χ1) is 28.5. The zero-order valence-corrected chi connectivity index (χ0v) is 36.5. The van der Waals surface area contributed by atoms with E-state index in [9.17, 15) is 25.9 Å². The number of ether oxygens (including phenoxy) is 2. The van der Waals surface area contributed by atoms with Gasteiger partial charge in [0.2, 0.25) is 17.8 Å². The Balaban J connectivity index is 1.46. The maximum Gasteiger partial charge on any atom is 0.296 e. The zero-order chi connectivity index (χ0) is 43.6. The van der Waals surface area contributed by atoms with Crippen molar-refractivity contribution in [2.24, 2.45) is 20.5 Å². The molecule has 0 atom stereocenters. The Kier molecular flexibility index (Phi) is 15.8. The fraction of sp³-hybridized carbons (Fsp3) is 0.250. The van der Waals surface area contributed by atoms with E-state index in [1.807, 2.05) is 13.8 Å². The Bertz CT molecular complexity index is 2480. The topological polar surface area (TPSA) is 251 Å². The Morgan fingerprint density at radius 1 is 0.583 bits per heavy atom. The van der Waals surface area contributed by atoms with Crippen LogP contribution in [0.25, 0.3) is 0 Å². The molecule has 0 unspecified atom stereocenters. The molecule has 1 aromatic heterocycles. The number of benzene rings is 4. The number of halogens is 4. The molecule has 5 aromatic rings. The van der Waals surface area contributed by atoms with Crippen LogP contribution in [0.2, 0.25) is 20.1 Å². The number of aromatic nitrogens is 3. The van der Waals surface area contributed by atoms with Gasteiger partial charge in [-0.1, -0.05) is 73.1 Å². The van der Waals surface area contributed by atoms with Gasteiger partial charge in [0.05, 0.1) is 56.1 Å². The summed E-state index contributed by atoms with van der Waals surface area (Å²) in [7, 11) is -7.60. The summed E-state index contributed by atoms with van der Waals surface area (Å²) in [6.45, 7) is 4.69. The minimum Gasteiger partial charge on any atom is -0.491 e. The molecule has 5 rings (SSSR count). The average molecular weight is 943 g/mol. The molecule has 1 heterocycles. The lowest BCUT2D eigenvalue weighted by Crippen LogP contribution is -2.09. The monoisotopic (exact) mass is 940 g/mol. The normalized spacial score (nSPS) is 11.9. The number of unbranched alkanes of at least 4 members (excludes halogenated alkanes) is 2. The summed E-state index contributed by atoms with van der Waals surface area (Å²) in [5, 5.41) is 25.5. The molecule has 18 nitrogen and oxygen atoms in total. The number of anilines is 5. The quantitative estimate of drug-likeness (QED) is 0.0293. The molecule has 60 heavy (non-hydrogen) atoms. The number of rotatable bonds is 19. The van der Waals surface area contributed by atoms with Gasteiger partial charge in [-0.2, -0.15) is 42.0 Å². The molecule has 318 valence electrons. The number of nitrogens with zero attached hydrogens (tertiary/aromatic N) is 7. The van der Waals surface area contributed by atoms with Crippen LogP contribution in [0.4, 0.5) is 52.0 Å². The molecule has 0 saturated heterocycles. The summed E-state index contributed by atoms with van der Waals surface area (Å²) < 4.78 is 78.1. The van der Waals surface area contributed by atoms with Crippen LogP contribution >= 0.6 is 46.4 Å². The third-order valence-corrected chi connectivity index (χ3v) is 11.2. The summed E-state index contributed by atoms with van der Waals surface area (Å²) in [4.78, 5) is 12.4. The Labute approximate surface area is 365 Å². The molecule has 0 saturated carbocycles.